The fraction of sp³-hybridized carbons (Fsp3) is 0.316. The Morgan fingerprint density at radius 1 is 1.22 bits per heavy atom. The summed E-state index contributed by atoms with van der Waals surface area (Å²) >= 11 is 0. The highest BCUT2D eigenvalue weighted by Crippen LogP contribution is 2.21. The molecule has 0 fully saturated rings. The molecular weight excluding hydrogens is 292 g/mol. The summed E-state index contributed by atoms with van der Waals surface area (Å²) in [7, 11) is 0. The molecule has 0 aliphatic heterocycles. The van der Waals surface area contributed by atoms with Crippen molar-refractivity contribution in [2.45, 2.75) is 39.7 Å². The third kappa shape index (κ3) is 6.98. The van der Waals surface area contributed by atoms with Crippen molar-refractivity contribution in [1.82, 2.24) is 0 Å². The molecule has 124 valence electrons. The highest BCUT2D eigenvalue weighted by molar-refractivity contribution is 5.85. The van der Waals surface area contributed by atoms with Crippen molar-refractivity contribution in [2.24, 2.45) is 0 Å². The van der Waals surface area contributed by atoms with E-state index < -0.39 is 12.1 Å². The zero-order valence-electron chi connectivity index (χ0n) is 13.8. The van der Waals surface area contributed by atoms with E-state index in [1.54, 1.807) is 18.2 Å². The number of carboxylic acids is 1. The highest BCUT2D eigenvalue weighted by atomic mass is 16.4. The number of rotatable bonds is 7. The summed E-state index contributed by atoms with van der Waals surface area (Å²) in [4.78, 5) is 10.5. The number of phenols is 1. The molecule has 0 bridgehead atoms. The van der Waals surface area contributed by atoms with Crippen molar-refractivity contribution in [3.8, 4) is 5.75 Å². The summed E-state index contributed by atoms with van der Waals surface area (Å²) in [5.41, 5.74) is 3.39. The minimum Gasteiger partial charge on any atom is -0.508 e. The molecule has 4 nitrogen and oxygen atoms in total. The Labute approximate surface area is 137 Å². The van der Waals surface area contributed by atoms with Crippen LogP contribution < -0.4 is 0 Å². The molecule has 0 amide bonds. The lowest BCUT2D eigenvalue weighted by Crippen LogP contribution is -2.07. The predicted octanol–water partition coefficient (Wildman–Crippen LogP) is 3.70. The smallest absolute Gasteiger partial charge is 0.328 e. The first-order chi connectivity index (χ1) is 10.8. The summed E-state index contributed by atoms with van der Waals surface area (Å²) in [6.45, 7) is 5.83. The van der Waals surface area contributed by atoms with Gasteiger partial charge in [-0.15, -0.1) is 0 Å². The lowest BCUT2D eigenvalue weighted by atomic mass is 10.0. The van der Waals surface area contributed by atoms with Gasteiger partial charge in [-0.1, -0.05) is 23.8 Å². The molecule has 1 aromatic rings. The number of aliphatic hydroxyl groups excluding tert-OH is 1. The van der Waals surface area contributed by atoms with E-state index in [-0.39, 0.29) is 5.75 Å². The molecule has 0 heterocycles. The van der Waals surface area contributed by atoms with E-state index in [9.17, 15) is 15.0 Å². The average molecular weight is 316 g/mol. The lowest BCUT2D eigenvalue weighted by molar-refractivity contribution is -0.131. The summed E-state index contributed by atoms with van der Waals surface area (Å²) in [6.07, 6.45) is 6.89. The number of benzene rings is 1. The number of hydrogen-bond donors (Lipinski definition) is 3. The van der Waals surface area contributed by atoms with Gasteiger partial charge in [-0.2, -0.15) is 0 Å². The van der Waals surface area contributed by atoms with Gasteiger partial charge in [0.25, 0.3) is 0 Å². The molecule has 1 rings (SSSR count). The number of hydrogen-bond acceptors (Lipinski definition) is 3. The van der Waals surface area contributed by atoms with Crippen LogP contribution >= 0.6 is 0 Å². The minimum atomic E-state index is -1.02. The van der Waals surface area contributed by atoms with Gasteiger partial charge in [-0.3, -0.25) is 0 Å². The number of aliphatic hydroxyl groups is 1. The average Bonchev–Trinajstić information content (AvgIpc) is 2.49. The second kappa shape index (κ2) is 8.96. The molecule has 3 N–H and O–H groups in total. The monoisotopic (exact) mass is 316 g/mol. The molecule has 1 unspecified atom stereocenters. The number of carbonyl (C=O) groups is 1. The van der Waals surface area contributed by atoms with E-state index >= 15 is 0 Å². The van der Waals surface area contributed by atoms with Crippen molar-refractivity contribution in [3.05, 3.63) is 58.7 Å². The number of allylic oxidation sites excluding steroid dienone is 2. The third-order valence-electron chi connectivity index (χ3n) is 3.44. The summed E-state index contributed by atoms with van der Waals surface area (Å²) in [6, 6.07) is 4.93. The summed E-state index contributed by atoms with van der Waals surface area (Å²) in [5.74, 6) is -0.863. The lowest BCUT2D eigenvalue weighted by Gasteiger charge is -2.10. The van der Waals surface area contributed by atoms with Gasteiger partial charge in [0.2, 0.25) is 0 Å². The van der Waals surface area contributed by atoms with E-state index in [0.29, 0.717) is 24.0 Å². The third-order valence-corrected chi connectivity index (χ3v) is 3.44. The van der Waals surface area contributed by atoms with Crippen molar-refractivity contribution in [3.63, 3.8) is 0 Å². The van der Waals surface area contributed by atoms with E-state index in [1.165, 1.54) is 6.08 Å². The Hall–Kier alpha value is -2.33. The van der Waals surface area contributed by atoms with Gasteiger partial charge in [0.1, 0.15) is 5.75 Å². The molecular formula is C19H24O4. The fourth-order valence-corrected chi connectivity index (χ4v) is 1.98. The molecule has 0 saturated heterocycles. The quantitative estimate of drug-likeness (QED) is 0.529. The van der Waals surface area contributed by atoms with Crippen molar-refractivity contribution in [1.29, 1.82) is 0 Å². The van der Waals surface area contributed by atoms with Crippen LogP contribution in [-0.4, -0.2) is 27.4 Å². The van der Waals surface area contributed by atoms with E-state index in [0.717, 1.165) is 17.2 Å². The Morgan fingerprint density at radius 3 is 2.52 bits per heavy atom. The van der Waals surface area contributed by atoms with Crippen LogP contribution in [0.1, 0.15) is 38.3 Å². The maximum absolute atomic E-state index is 10.5. The van der Waals surface area contributed by atoms with Gasteiger partial charge in [0.05, 0.1) is 6.10 Å². The zero-order valence-corrected chi connectivity index (χ0v) is 13.8. The van der Waals surface area contributed by atoms with Crippen LogP contribution in [-0.2, 0) is 11.2 Å². The predicted molar refractivity (Wildman–Crippen MR) is 92.3 cm³/mol. The normalized spacial score (nSPS) is 13.1. The molecule has 1 aromatic carbocycles. The van der Waals surface area contributed by atoms with Crippen LogP contribution in [0.2, 0.25) is 0 Å². The van der Waals surface area contributed by atoms with Crippen LogP contribution in [0.15, 0.2) is 47.6 Å². The Balaban J connectivity index is 2.83. The Bertz CT molecular complexity index is 635. The minimum absolute atomic E-state index is 0.153. The van der Waals surface area contributed by atoms with E-state index in [2.05, 4.69) is 0 Å². The van der Waals surface area contributed by atoms with Gasteiger partial charge < -0.3 is 15.3 Å². The fourth-order valence-electron chi connectivity index (χ4n) is 1.98. The molecule has 1 atom stereocenters. The number of carboxylic acid groups (broad SMARTS) is 1. The number of phenolic OH excluding ortho intramolecular Hbond substituents is 1. The second-order valence-electron chi connectivity index (χ2n) is 5.74. The first-order valence-corrected chi connectivity index (χ1v) is 7.50. The van der Waals surface area contributed by atoms with Gasteiger partial charge in [-0.25, -0.2) is 4.79 Å². The van der Waals surface area contributed by atoms with Crippen LogP contribution in [0.4, 0.5) is 0 Å². The van der Waals surface area contributed by atoms with Crippen LogP contribution in [0, 0.1) is 0 Å². The molecule has 0 radical (unpaired) electrons. The zero-order chi connectivity index (χ0) is 17.4. The van der Waals surface area contributed by atoms with Gasteiger partial charge in [0, 0.05) is 6.08 Å². The molecule has 0 aromatic heterocycles. The maximum Gasteiger partial charge on any atom is 0.328 e. The van der Waals surface area contributed by atoms with Crippen molar-refractivity contribution < 1.29 is 20.1 Å². The van der Waals surface area contributed by atoms with E-state index in [4.69, 9.17) is 5.11 Å². The first kappa shape index (κ1) is 18.7. The van der Waals surface area contributed by atoms with E-state index in [1.807, 2.05) is 32.9 Å². The van der Waals surface area contributed by atoms with Gasteiger partial charge in [0.15, 0.2) is 0 Å². The van der Waals surface area contributed by atoms with Crippen molar-refractivity contribution in [2.75, 3.05) is 0 Å². The second-order valence-corrected chi connectivity index (χ2v) is 5.74. The largest absolute Gasteiger partial charge is 0.508 e. The van der Waals surface area contributed by atoms with Gasteiger partial charge >= 0.3 is 5.97 Å². The maximum atomic E-state index is 10.5. The molecule has 0 saturated carbocycles. The molecule has 23 heavy (non-hydrogen) atoms. The van der Waals surface area contributed by atoms with Crippen molar-refractivity contribution >= 4 is 12.0 Å². The Kier molecular flexibility index (Phi) is 7.29. The standard InChI is InChI=1S/C19H24O4/c1-13(2)4-9-17(20)14(3)5-8-16-12-15(6-10-18(16)21)7-11-19(22)23/h4-7,10-12,17,20-21H,8-9H2,1-3H3,(H,22,23). The molecule has 0 aliphatic carbocycles. The van der Waals surface area contributed by atoms with Crippen LogP contribution in [0.5, 0.6) is 5.75 Å². The van der Waals surface area contributed by atoms with Crippen LogP contribution in [0.3, 0.4) is 0 Å². The first-order valence-electron chi connectivity index (χ1n) is 7.50. The SMILES string of the molecule is CC(C)=CCC(O)C(C)=CCc1cc(C=CC(=O)O)ccc1O. The summed E-state index contributed by atoms with van der Waals surface area (Å²) in [5, 5.41) is 28.6. The molecule has 0 spiro atoms. The summed E-state index contributed by atoms with van der Waals surface area (Å²) < 4.78 is 0. The van der Waals surface area contributed by atoms with Gasteiger partial charge in [-0.05, 0) is 68.5 Å². The molecule has 0 aliphatic rings. The Morgan fingerprint density at radius 2 is 1.91 bits per heavy atom. The highest BCUT2D eigenvalue weighted by Gasteiger charge is 2.06. The van der Waals surface area contributed by atoms with Crippen LogP contribution in [0.25, 0.3) is 6.08 Å². The topological polar surface area (TPSA) is 77.8 Å². The molecule has 4 heteroatoms. The number of aromatic hydroxyl groups is 1. The number of aliphatic carboxylic acids is 1.